The molecule has 0 fully saturated rings. The van der Waals surface area contributed by atoms with Crippen LogP contribution in [0.25, 0.3) is 43.7 Å². The van der Waals surface area contributed by atoms with Gasteiger partial charge in [0, 0.05) is 46.0 Å². The van der Waals surface area contributed by atoms with Crippen molar-refractivity contribution in [2.24, 2.45) is 0 Å². The van der Waals surface area contributed by atoms with Crippen molar-refractivity contribution in [3.05, 3.63) is 214 Å². The topological polar surface area (TPSA) is 221 Å². The van der Waals surface area contributed by atoms with E-state index in [2.05, 4.69) is 40.5 Å². The Morgan fingerprint density at radius 2 is 0.893 bits per heavy atom. The fourth-order valence-electron chi connectivity index (χ4n) is 8.30. The van der Waals surface area contributed by atoms with Crippen molar-refractivity contribution in [1.82, 2.24) is 29.9 Å². The molecule has 0 atom stereocenters. The molecule has 84 heavy (non-hydrogen) atoms. The third kappa shape index (κ3) is 14.7. The number of carbonyl (C=O) groups excluding carboxylic acids is 3. The summed E-state index contributed by atoms with van der Waals surface area (Å²) in [6.45, 7) is 3.41. The van der Waals surface area contributed by atoms with E-state index in [1.54, 1.807) is 18.3 Å². The Labute approximate surface area is 485 Å². The molecule has 10 rings (SSSR count). The number of rotatable bonds is 18. The van der Waals surface area contributed by atoms with E-state index >= 15 is 8.78 Å². The zero-order chi connectivity index (χ0) is 60.1. The van der Waals surface area contributed by atoms with Crippen LogP contribution in [0.4, 0.5) is 49.6 Å². The molecule has 10 aromatic rings. The maximum Gasteiger partial charge on any atom is 0.373 e. The van der Waals surface area contributed by atoms with Gasteiger partial charge in [-0.05, 0) is 92.6 Å². The molecule has 0 aliphatic rings. The standard InChI is InChI=1S/C29H21F3N4O3S2.C29H23F3N4O2S2.CO2/c1-17(37)15-24-36-26(27(40-24)23-13-14-33-29(35-23)34-19-8-3-2-4-9-19)20-10-5-7-18(25(20)32)16-41(38,39)28-21(30)11-6-12-22(28)31;1-2-8-24-36-26(27(39-24)23-15-16-33-29(35-23)34-19-10-4-3-5-11-19)20-12-6-9-18(25(20)32)17-40(37,38)28-21(30)13-7-14-22(28)31;2-1-3/h2-14H,15-16H2,1H3,(H,33,34,35);3-7,9-16H,2,8,17H2,1H3,(H,33,34,35);. The largest absolute Gasteiger partial charge is 0.373 e. The number of para-hydroxylation sites is 2. The number of nitrogens with zero attached hydrogens (tertiary/aromatic N) is 6. The van der Waals surface area contributed by atoms with Crippen LogP contribution < -0.4 is 10.6 Å². The summed E-state index contributed by atoms with van der Waals surface area (Å²) in [7, 11) is -9.12. The molecule has 0 radical (unpaired) electrons. The summed E-state index contributed by atoms with van der Waals surface area (Å²) in [4.78, 5) is 53.8. The van der Waals surface area contributed by atoms with Gasteiger partial charge in [-0.1, -0.05) is 79.7 Å². The summed E-state index contributed by atoms with van der Waals surface area (Å²) in [6.07, 6.45) is 4.81. The van der Waals surface area contributed by atoms with E-state index < -0.39 is 75.9 Å². The molecule has 0 unspecified atom stereocenters. The zero-order valence-corrected chi connectivity index (χ0v) is 47.3. The average Bonchev–Trinajstić information content (AvgIpc) is 3.62. The number of ketones is 1. The second-order valence-corrected chi connectivity index (χ2v) is 24.0. The lowest BCUT2D eigenvalue weighted by Gasteiger charge is -2.11. The third-order valence-electron chi connectivity index (χ3n) is 11.9. The van der Waals surface area contributed by atoms with Gasteiger partial charge >= 0.3 is 6.15 Å². The Balaban J connectivity index is 0.000000209. The summed E-state index contributed by atoms with van der Waals surface area (Å²) in [5, 5.41) is 7.39. The van der Waals surface area contributed by atoms with Gasteiger partial charge in [-0.15, -0.1) is 22.7 Å². The predicted octanol–water partition coefficient (Wildman–Crippen LogP) is 13.3. The van der Waals surface area contributed by atoms with Crippen molar-refractivity contribution in [3.63, 3.8) is 0 Å². The van der Waals surface area contributed by atoms with Gasteiger partial charge in [0.25, 0.3) is 0 Å². The number of aryl methyl sites for hydroxylation is 1. The van der Waals surface area contributed by atoms with Crippen LogP contribution in [0, 0.1) is 34.9 Å². The van der Waals surface area contributed by atoms with Crippen LogP contribution >= 0.6 is 22.7 Å². The highest BCUT2D eigenvalue weighted by Crippen LogP contribution is 2.41. The second kappa shape index (κ2) is 27.3. The number of Topliss-reactive ketones (excluding diaryl/α,β-unsaturated/α-hetero) is 1. The number of benzene rings is 6. The number of aromatic nitrogens is 6. The Hall–Kier alpha value is -9.13. The van der Waals surface area contributed by atoms with E-state index in [0.717, 1.165) is 70.5 Å². The summed E-state index contributed by atoms with van der Waals surface area (Å²) in [6, 6.07) is 35.7. The van der Waals surface area contributed by atoms with Crippen LogP contribution in [-0.4, -0.2) is 58.7 Å². The number of hydrogen-bond donors (Lipinski definition) is 2. The van der Waals surface area contributed by atoms with Crippen LogP contribution in [0.5, 0.6) is 0 Å². The summed E-state index contributed by atoms with van der Waals surface area (Å²) < 4.78 is 141. The molecule has 0 amide bonds. The minimum atomic E-state index is -4.59. The fourth-order valence-corrected chi connectivity index (χ4v) is 13.6. The molecular formula is C59H44F6N8O7S4. The van der Waals surface area contributed by atoms with Crippen molar-refractivity contribution in [2.75, 3.05) is 10.6 Å². The van der Waals surface area contributed by atoms with Crippen LogP contribution in [0.15, 0.2) is 168 Å². The number of anilines is 4. The van der Waals surface area contributed by atoms with Gasteiger partial charge in [0.05, 0.1) is 55.5 Å². The fraction of sp³-hybridized carbons (Fsp3) is 0.119. The van der Waals surface area contributed by atoms with Crippen molar-refractivity contribution < 1.29 is 57.6 Å². The van der Waals surface area contributed by atoms with E-state index in [9.17, 15) is 39.2 Å². The molecule has 0 saturated heterocycles. The monoisotopic (exact) mass is 1220 g/mol. The molecule has 428 valence electrons. The van der Waals surface area contributed by atoms with E-state index in [0.29, 0.717) is 44.2 Å². The van der Waals surface area contributed by atoms with Crippen molar-refractivity contribution in [3.8, 4) is 43.7 Å². The minimum absolute atomic E-state index is 0.000122. The van der Waals surface area contributed by atoms with Crippen LogP contribution in [0.1, 0.15) is 41.4 Å². The first-order chi connectivity index (χ1) is 40.3. The SMILES string of the molecule is CC(=O)Cc1nc(-c2cccc(CS(=O)(=O)c3c(F)cccc3F)c2F)c(-c2ccnc(Nc3ccccc3)n2)s1.CCCc1nc(-c2cccc(CS(=O)(=O)c3c(F)cccc3F)c2F)c(-c2ccnc(Nc3ccccc3)n2)s1.O=C=O. The number of thiazole rings is 2. The Morgan fingerprint density at radius 3 is 1.29 bits per heavy atom. The Morgan fingerprint density at radius 1 is 0.512 bits per heavy atom. The normalized spacial score (nSPS) is 11.1. The van der Waals surface area contributed by atoms with E-state index in [-0.39, 0.29) is 52.3 Å². The van der Waals surface area contributed by atoms with E-state index in [4.69, 9.17) is 9.59 Å². The van der Waals surface area contributed by atoms with E-state index in [1.165, 1.54) is 60.9 Å². The average molecular weight is 1220 g/mol. The number of sulfone groups is 2. The molecule has 0 spiro atoms. The molecule has 6 aromatic carbocycles. The van der Waals surface area contributed by atoms with Gasteiger partial charge in [-0.3, -0.25) is 4.79 Å². The quantitative estimate of drug-likeness (QED) is 0.0763. The highest BCUT2D eigenvalue weighted by Gasteiger charge is 2.30. The lowest BCUT2D eigenvalue weighted by atomic mass is 10.1. The van der Waals surface area contributed by atoms with Crippen LogP contribution in [-0.2, 0) is 58.4 Å². The zero-order valence-electron chi connectivity index (χ0n) is 44.0. The van der Waals surface area contributed by atoms with Crippen molar-refractivity contribution >= 4 is 77.6 Å². The van der Waals surface area contributed by atoms with Gasteiger partial charge in [0.15, 0.2) is 19.7 Å². The number of hydrogen-bond acceptors (Lipinski definition) is 17. The first-order valence-electron chi connectivity index (χ1n) is 25.0. The minimum Gasteiger partial charge on any atom is -0.324 e. The first kappa shape index (κ1) is 61.0. The molecular weight excluding hydrogens is 1170 g/mol. The molecule has 4 heterocycles. The number of halogens is 6. The molecule has 0 aliphatic heterocycles. The summed E-state index contributed by atoms with van der Waals surface area (Å²) >= 11 is 2.51. The number of carbonyl (C=O) groups is 1. The van der Waals surface area contributed by atoms with E-state index in [1.807, 2.05) is 67.6 Å². The molecule has 4 aromatic heterocycles. The molecule has 15 nitrogen and oxygen atoms in total. The maximum atomic E-state index is 15.9. The lowest BCUT2D eigenvalue weighted by Crippen LogP contribution is -2.11. The van der Waals surface area contributed by atoms with Crippen LogP contribution in [0.2, 0.25) is 0 Å². The highest BCUT2D eigenvalue weighted by molar-refractivity contribution is 7.91. The lowest BCUT2D eigenvalue weighted by molar-refractivity contribution is -0.191. The molecule has 2 N–H and O–H groups in total. The van der Waals surface area contributed by atoms with Gasteiger partial charge in [-0.25, -0.2) is 73.1 Å². The van der Waals surface area contributed by atoms with Crippen molar-refractivity contribution in [2.45, 2.75) is 54.4 Å². The summed E-state index contributed by atoms with van der Waals surface area (Å²) in [5.74, 6) is -8.20. The third-order valence-corrected chi connectivity index (χ3v) is 17.5. The Bertz CT molecular complexity index is 4250. The Kier molecular flexibility index (Phi) is 19.8. The second-order valence-electron chi connectivity index (χ2n) is 18.0. The number of nitrogens with one attached hydrogen (secondary N) is 2. The molecule has 0 aliphatic carbocycles. The van der Waals surface area contributed by atoms with Gasteiger partial charge in [0.1, 0.15) is 55.5 Å². The maximum absolute atomic E-state index is 15.9. The van der Waals surface area contributed by atoms with Gasteiger partial charge in [0.2, 0.25) is 11.9 Å². The van der Waals surface area contributed by atoms with Gasteiger partial charge in [-0.2, -0.15) is 9.59 Å². The van der Waals surface area contributed by atoms with Crippen LogP contribution in [0.3, 0.4) is 0 Å². The van der Waals surface area contributed by atoms with Gasteiger partial charge < -0.3 is 10.6 Å². The molecule has 0 saturated carbocycles. The summed E-state index contributed by atoms with van der Waals surface area (Å²) in [5.41, 5.74) is 2.36. The van der Waals surface area contributed by atoms with Crippen molar-refractivity contribution in [1.29, 1.82) is 0 Å². The predicted molar refractivity (Wildman–Crippen MR) is 304 cm³/mol. The molecule has 0 bridgehead atoms. The first-order valence-corrected chi connectivity index (χ1v) is 29.9. The smallest absolute Gasteiger partial charge is 0.324 e. The molecule has 25 heteroatoms. The highest BCUT2D eigenvalue weighted by atomic mass is 32.2.